The van der Waals surface area contributed by atoms with Crippen molar-refractivity contribution in [1.29, 1.82) is 0 Å². The number of fused-ring (bicyclic) bond motifs is 3. The number of sulfonamides is 1. The Bertz CT molecular complexity index is 1300. The Balaban J connectivity index is 1.51. The fourth-order valence-corrected chi connectivity index (χ4v) is 3.97. The quantitative estimate of drug-likeness (QED) is 0.391. The number of primary sulfonamides is 1. The normalized spacial score (nSPS) is 12.2. The van der Waals surface area contributed by atoms with Crippen LogP contribution in [0.1, 0.15) is 31.8 Å². The lowest BCUT2D eigenvalue weighted by Gasteiger charge is -2.08. The van der Waals surface area contributed by atoms with E-state index in [1.54, 1.807) is 12.1 Å². The van der Waals surface area contributed by atoms with Gasteiger partial charge in [-0.1, -0.05) is 36.4 Å². The average molecular weight is 425 g/mol. The third-order valence-corrected chi connectivity index (χ3v) is 5.85. The van der Waals surface area contributed by atoms with Crippen molar-refractivity contribution in [3.8, 4) is 11.1 Å². The number of carbonyl (C=O) groups excluding carboxylic acids is 2. The largest absolute Gasteiger partial charge is 0.454 e. The number of carbonyl (C=O) groups is 2. The highest BCUT2D eigenvalue weighted by atomic mass is 32.2. The monoisotopic (exact) mass is 425 g/mol. The average Bonchev–Trinajstić information content (AvgIpc) is 3.09. The van der Waals surface area contributed by atoms with Crippen LogP contribution in [0, 0.1) is 5.82 Å². The molecule has 0 spiro atoms. The summed E-state index contributed by atoms with van der Waals surface area (Å²) < 4.78 is 41.6. The second-order valence-electron chi connectivity index (χ2n) is 6.89. The Kier molecular flexibility index (Phi) is 4.97. The van der Waals surface area contributed by atoms with Gasteiger partial charge in [-0.25, -0.2) is 22.7 Å². The highest BCUT2D eigenvalue weighted by Crippen LogP contribution is 2.36. The van der Waals surface area contributed by atoms with Gasteiger partial charge in [0, 0.05) is 5.56 Å². The van der Waals surface area contributed by atoms with Crippen molar-refractivity contribution in [1.82, 2.24) is 0 Å². The van der Waals surface area contributed by atoms with Crippen LogP contribution in [-0.4, -0.2) is 26.8 Å². The number of hydrogen-bond acceptors (Lipinski definition) is 5. The van der Waals surface area contributed by atoms with Gasteiger partial charge in [-0.15, -0.1) is 0 Å². The number of benzene rings is 3. The van der Waals surface area contributed by atoms with Crippen LogP contribution < -0.4 is 5.14 Å². The summed E-state index contributed by atoms with van der Waals surface area (Å²) in [6.07, 6.45) is 0.786. The van der Waals surface area contributed by atoms with Gasteiger partial charge in [0.15, 0.2) is 12.4 Å². The number of rotatable bonds is 5. The molecule has 4 rings (SSSR count). The van der Waals surface area contributed by atoms with E-state index in [-0.39, 0.29) is 0 Å². The van der Waals surface area contributed by atoms with E-state index < -0.39 is 44.7 Å². The molecule has 0 atom stereocenters. The summed E-state index contributed by atoms with van der Waals surface area (Å²) in [6.45, 7) is -0.613. The first-order chi connectivity index (χ1) is 14.2. The summed E-state index contributed by atoms with van der Waals surface area (Å²) in [6, 6.07) is 15.7. The standard InChI is InChI=1S/C22H16FNO5S/c23-20-8-7-16(30(24,27)28)11-19(20)22(26)29-12-21(25)15-6-5-14-9-13-3-1-2-4-17(13)18(14)10-15/h1-8,10-11H,9,12H2,(H2,24,27,28). The highest BCUT2D eigenvalue weighted by Gasteiger charge is 2.22. The van der Waals surface area contributed by atoms with Gasteiger partial charge in [0.2, 0.25) is 10.0 Å². The first kappa shape index (κ1) is 19.9. The minimum atomic E-state index is -4.12. The Hall–Kier alpha value is -3.36. The van der Waals surface area contributed by atoms with Crippen LogP contribution in [0.3, 0.4) is 0 Å². The van der Waals surface area contributed by atoms with Gasteiger partial charge in [0.25, 0.3) is 0 Å². The SMILES string of the molecule is NS(=O)(=O)c1ccc(F)c(C(=O)OCC(=O)c2ccc3c(c2)-c2ccccc2C3)c1. The lowest BCUT2D eigenvalue weighted by molar-refractivity contribution is 0.0470. The zero-order chi connectivity index (χ0) is 21.5. The summed E-state index contributed by atoms with van der Waals surface area (Å²) in [5, 5.41) is 5.00. The predicted molar refractivity (Wildman–Crippen MR) is 107 cm³/mol. The molecule has 6 nitrogen and oxygen atoms in total. The number of halogens is 1. The van der Waals surface area contributed by atoms with E-state index in [4.69, 9.17) is 9.88 Å². The van der Waals surface area contributed by atoms with Crippen molar-refractivity contribution >= 4 is 21.8 Å². The van der Waals surface area contributed by atoms with Gasteiger partial charge in [-0.05, 0) is 52.9 Å². The highest BCUT2D eigenvalue weighted by molar-refractivity contribution is 7.89. The van der Waals surface area contributed by atoms with Crippen molar-refractivity contribution in [2.24, 2.45) is 5.14 Å². The Morgan fingerprint density at radius 2 is 1.70 bits per heavy atom. The molecule has 3 aromatic rings. The molecular weight excluding hydrogens is 409 g/mol. The van der Waals surface area contributed by atoms with E-state index >= 15 is 0 Å². The molecule has 8 heteroatoms. The third-order valence-electron chi connectivity index (χ3n) is 4.94. The summed E-state index contributed by atoms with van der Waals surface area (Å²) in [4.78, 5) is 24.3. The van der Waals surface area contributed by atoms with E-state index in [1.165, 1.54) is 5.56 Å². The maximum atomic E-state index is 13.9. The number of Topliss-reactive ketones (excluding diaryl/α,β-unsaturated/α-hetero) is 1. The fourth-order valence-electron chi connectivity index (χ4n) is 3.43. The second-order valence-corrected chi connectivity index (χ2v) is 8.45. The van der Waals surface area contributed by atoms with Crippen LogP contribution in [0.25, 0.3) is 11.1 Å². The van der Waals surface area contributed by atoms with Gasteiger partial charge in [-0.3, -0.25) is 4.79 Å². The zero-order valence-corrected chi connectivity index (χ0v) is 16.4. The van der Waals surface area contributed by atoms with Gasteiger partial charge >= 0.3 is 5.97 Å². The molecule has 2 N–H and O–H groups in total. The van der Waals surface area contributed by atoms with Gasteiger partial charge in [0.1, 0.15) is 5.82 Å². The number of ketones is 1. The van der Waals surface area contributed by atoms with Gasteiger partial charge < -0.3 is 4.74 Å². The third kappa shape index (κ3) is 3.74. The van der Waals surface area contributed by atoms with Crippen LogP contribution in [0.2, 0.25) is 0 Å². The van der Waals surface area contributed by atoms with Crippen LogP contribution in [-0.2, 0) is 21.2 Å². The minimum Gasteiger partial charge on any atom is -0.454 e. The van der Waals surface area contributed by atoms with Crippen molar-refractivity contribution < 1.29 is 27.1 Å². The van der Waals surface area contributed by atoms with Crippen LogP contribution in [0.5, 0.6) is 0 Å². The number of esters is 1. The van der Waals surface area contributed by atoms with E-state index in [2.05, 4.69) is 0 Å². The molecule has 0 aliphatic heterocycles. The molecule has 0 aromatic heterocycles. The van der Waals surface area contributed by atoms with Crippen LogP contribution in [0.4, 0.5) is 4.39 Å². The van der Waals surface area contributed by atoms with E-state index in [1.807, 2.05) is 30.3 Å². The van der Waals surface area contributed by atoms with Crippen molar-refractivity contribution in [2.75, 3.05) is 6.61 Å². The molecule has 0 saturated heterocycles. The van der Waals surface area contributed by atoms with E-state index in [9.17, 15) is 22.4 Å². The van der Waals surface area contributed by atoms with Crippen molar-refractivity contribution in [3.63, 3.8) is 0 Å². The molecule has 152 valence electrons. The maximum absolute atomic E-state index is 13.9. The Labute approximate surface area is 172 Å². The molecule has 30 heavy (non-hydrogen) atoms. The first-order valence-electron chi connectivity index (χ1n) is 8.98. The number of nitrogens with two attached hydrogens (primary N) is 1. The lowest BCUT2D eigenvalue weighted by Crippen LogP contribution is -2.17. The smallest absolute Gasteiger partial charge is 0.341 e. The summed E-state index contributed by atoms with van der Waals surface area (Å²) in [7, 11) is -4.12. The molecule has 0 radical (unpaired) electrons. The number of ether oxygens (including phenoxy) is 1. The summed E-state index contributed by atoms with van der Waals surface area (Å²) in [5.74, 6) is -2.59. The minimum absolute atomic E-state index is 0.358. The van der Waals surface area contributed by atoms with Crippen LogP contribution >= 0.6 is 0 Å². The predicted octanol–water partition coefficient (Wildman–Crippen LogP) is 3.08. The zero-order valence-electron chi connectivity index (χ0n) is 15.6. The van der Waals surface area contributed by atoms with E-state index in [0.29, 0.717) is 5.56 Å². The fraction of sp³-hybridized carbons (Fsp3) is 0.0909. The maximum Gasteiger partial charge on any atom is 0.341 e. The lowest BCUT2D eigenvalue weighted by atomic mass is 10.0. The molecule has 0 unspecified atom stereocenters. The van der Waals surface area contributed by atoms with Crippen LogP contribution in [0.15, 0.2) is 65.6 Å². The first-order valence-corrected chi connectivity index (χ1v) is 10.5. The van der Waals surface area contributed by atoms with E-state index in [0.717, 1.165) is 41.3 Å². The molecule has 3 aromatic carbocycles. The Morgan fingerprint density at radius 1 is 0.967 bits per heavy atom. The molecule has 0 heterocycles. The molecule has 1 aliphatic carbocycles. The summed E-state index contributed by atoms with van der Waals surface area (Å²) in [5.41, 5.74) is 4.03. The second kappa shape index (κ2) is 7.47. The molecule has 0 fully saturated rings. The summed E-state index contributed by atoms with van der Waals surface area (Å²) >= 11 is 0. The Morgan fingerprint density at radius 3 is 2.47 bits per heavy atom. The molecule has 0 saturated carbocycles. The van der Waals surface area contributed by atoms with Crippen molar-refractivity contribution in [2.45, 2.75) is 11.3 Å². The van der Waals surface area contributed by atoms with Gasteiger partial charge in [0.05, 0.1) is 10.5 Å². The molecule has 1 aliphatic rings. The van der Waals surface area contributed by atoms with Gasteiger partial charge in [-0.2, -0.15) is 0 Å². The number of hydrogen-bond donors (Lipinski definition) is 1. The van der Waals surface area contributed by atoms with Crippen molar-refractivity contribution in [3.05, 3.63) is 88.7 Å². The topological polar surface area (TPSA) is 104 Å². The molecule has 0 amide bonds. The molecular formula is C22H16FNO5S. The molecule has 0 bridgehead atoms.